The van der Waals surface area contributed by atoms with Gasteiger partial charge in [-0.15, -0.1) is 0 Å². The molecule has 5 rings (SSSR count). The van der Waals surface area contributed by atoms with E-state index in [-0.39, 0.29) is 11.8 Å². The monoisotopic (exact) mass is 447 g/mol. The number of pyridine rings is 1. The lowest BCUT2D eigenvalue weighted by molar-refractivity contribution is 0.592. The number of benzene rings is 2. The minimum atomic E-state index is -3.62. The summed E-state index contributed by atoms with van der Waals surface area (Å²) in [6.07, 6.45) is 6.09. The molecule has 3 heterocycles. The van der Waals surface area contributed by atoms with Crippen LogP contribution in [0.5, 0.6) is 0 Å². The zero-order chi connectivity index (χ0) is 22.1. The van der Waals surface area contributed by atoms with Crippen molar-refractivity contribution in [1.82, 2.24) is 14.3 Å². The van der Waals surface area contributed by atoms with Crippen molar-refractivity contribution >= 4 is 49.4 Å². The van der Waals surface area contributed by atoms with Gasteiger partial charge in [-0.1, -0.05) is 42.5 Å². The molecule has 0 spiro atoms. The van der Waals surface area contributed by atoms with E-state index in [0.29, 0.717) is 11.2 Å². The molecule has 0 radical (unpaired) electrons. The van der Waals surface area contributed by atoms with Crippen LogP contribution in [-0.2, 0) is 10.0 Å². The van der Waals surface area contributed by atoms with Crippen molar-refractivity contribution in [3.63, 3.8) is 0 Å². The summed E-state index contributed by atoms with van der Waals surface area (Å²) in [6, 6.07) is 17.1. The van der Waals surface area contributed by atoms with E-state index < -0.39 is 10.0 Å². The Balaban J connectivity index is 1.54. The van der Waals surface area contributed by atoms with Gasteiger partial charge < -0.3 is 16.4 Å². The van der Waals surface area contributed by atoms with Gasteiger partial charge in [0.25, 0.3) is 0 Å². The van der Waals surface area contributed by atoms with Gasteiger partial charge in [-0.25, -0.2) is 17.4 Å². The molecule has 1 fully saturated rings. The lowest BCUT2D eigenvalue weighted by Gasteiger charge is -2.15. The summed E-state index contributed by atoms with van der Waals surface area (Å²) in [6.45, 7) is 1.83. The van der Waals surface area contributed by atoms with E-state index in [4.69, 9.17) is 10.7 Å². The van der Waals surface area contributed by atoms with Crippen LogP contribution in [0, 0.1) is 0 Å². The van der Waals surface area contributed by atoms with E-state index in [1.54, 1.807) is 30.5 Å². The zero-order valence-corrected chi connectivity index (χ0v) is 18.3. The molecule has 1 aliphatic rings. The van der Waals surface area contributed by atoms with Crippen LogP contribution in [0.2, 0.25) is 0 Å². The van der Waals surface area contributed by atoms with Crippen molar-refractivity contribution in [1.29, 1.82) is 0 Å². The van der Waals surface area contributed by atoms with Crippen molar-refractivity contribution < 1.29 is 8.42 Å². The molecule has 0 bridgehead atoms. The van der Waals surface area contributed by atoms with Crippen LogP contribution in [0.4, 0.5) is 11.5 Å². The van der Waals surface area contributed by atoms with E-state index in [2.05, 4.69) is 10.6 Å². The van der Waals surface area contributed by atoms with Gasteiger partial charge in [-0.3, -0.25) is 0 Å². The highest BCUT2D eigenvalue weighted by Crippen LogP contribution is 2.32. The topological polar surface area (TPSA) is 102 Å². The highest BCUT2D eigenvalue weighted by atomic mass is 32.2. The molecule has 1 saturated heterocycles. The fraction of sp³-hybridized carbons (Fsp3) is 0.208. The Labute approximate surface area is 187 Å². The first-order valence-electron chi connectivity index (χ1n) is 10.6. The number of aromatic nitrogens is 2. The second-order valence-corrected chi connectivity index (χ2v) is 9.92. The number of hydrogen-bond acceptors (Lipinski definition) is 6. The van der Waals surface area contributed by atoms with E-state index in [1.807, 2.05) is 42.5 Å². The average molecular weight is 448 g/mol. The Morgan fingerprint density at radius 3 is 2.72 bits per heavy atom. The van der Waals surface area contributed by atoms with Gasteiger partial charge in [0.1, 0.15) is 5.82 Å². The van der Waals surface area contributed by atoms with Crippen LogP contribution in [0.25, 0.3) is 27.9 Å². The van der Waals surface area contributed by atoms with Crippen molar-refractivity contribution in [2.45, 2.75) is 12.5 Å². The van der Waals surface area contributed by atoms with Gasteiger partial charge in [-0.2, -0.15) is 0 Å². The Kier molecular flexibility index (Phi) is 5.32. The molecule has 8 heteroatoms. The molecule has 4 N–H and O–H groups in total. The highest BCUT2D eigenvalue weighted by molar-refractivity contribution is 7.90. The fourth-order valence-electron chi connectivity index (χ4n) is 4.13. The maximum absolute atomic E-state index is 13.3. The SMILES string of the molecule is Nc1ccc(C=CCS(=O)(=O)n2ccc3c(N[C@H]4CCNC4)nc4ccccc4c32)cc1. The third kappa shape index (κ3) is 3.94. The van der Waals surface area contributed by atoms with E-state index >= 15 is 0 Å². The largest absolute Gasteiger partial charge is 0.399 e. The van der Waals surface area contributed by atoms with Crippen LogP contribution in [0.15, 0.2) is 66.9 Å². The molecule has 0 aliphatic carbocycles. The molecule has 164 valence electrons. The summed E-state index contributed by atoms with van der Waals surface area (Å²) < 4.78 is 28.0. The Bertz CT molecular complexity index is 1400. The molecule has 4 aromatic rings. The molecule has 2 aromatic heterocycles. The lowest BCUT2D eigenvalue weighted by atomic mass is 10.1. The van der Waals surface area contributed by atoms with Gasteiger partial charge in [-0.05, 0) is 42.8 Å². The second kappa shape index (κ2) is 8.29. The first-order chi connectivity index (χ1) is 15.5. The average Bonchev–Trinajstić information content (AvgIpc) is 3.46. The molecule has 1 atom stereocenters. The van der Waals surface area contributed by atoms with Gasteiger partial charge in [0, 0.05) is 35.2 Å². The summed E-state index contributed by atoms with van der Waals surface area (Å²) in [5.41, 5.74) is 8.71. The Morgan fingerprint density at radius 2 is 1.94 bits per heavy atom. The minimum Gasteiger partial charge on any atom is -0.399 e. The third-order valence-electron chi connectivity index (χ3n) is 5.75. The predicted molar refractivity (Wildman–Crippen MR) is 131 cm³/mol. The van der Waals surface area contributed by atoms with Crippen molar-refractivity contribution in [2.24, 2.45) is 0 Å². The first-order valence-corrected chi connectivity index (χ1v) is 12.2. The van der Waals surface area contributed by atoms with E-state index in [0.717, 1.165) is 47.2 Å². The number of nitrogens with two attached hydrogens (primary N) is 1. The molecule has 0 unspecified atom stereocenters. The normalized spacial score (nSPS) is 16.9. The summed E-state index contributed by atoms with van der Waals surface area (Å²) >= 11 is 0. The van der Waals surface area contributed by atoms with Crippen LogP contribution < -0.4 is 16.4 Å². The quantitative estimate of drug-likeness (QED) is 0.392. The summed E-state index contributed by atoms with van der Waals surface area (Å²) in [5, 5.41) is 8.47. The summed E-state index contributed by atoms with van der Waals surface area (Å²) in [7, 11) is -3.62. The molecular formula is C24H25N5O2S. The van der Waals surface area contributed by atoms with Crippen LogP contribution >= 0.6 is 0 Å². The summed E-state index contributed by atoms with van der Waals surface area (Å²) in [4.78, 5) is 4.80. The molecule has 0 saturated carbocycles. The van der Waals surface area contributed by atoms with Gasteiger partial charge >= 0.3 is 0 Å². The number of para-hydroxylation sites is 1. The van der Waals surface area contributed by atoms with Crippen LogP contribution in [-0.4, -0.2) is 42.3 Å². The highest BCUT2D eigenvalue weighted by Gasteiger charge is 2.21. The Hall–Kier alpha value is -3.36. The number of anilines is 2. The molecule has 32 heavy (non-hydrogen) atoms. The number of nitrogens with one attached hydrogen (secondary N) is 2. The number of fused-ring (bicyclic) bond motifs is 3. The molecule has 2 aromatic carbocycles. The van der Waals surface area contributed by atoms with Crippen LogP contribution in [0.3, 0.4) is 0 Å². The van der Waals surface area contributed by atoms with Gasteiger partial charge in [0.05, 0.1) is 16.8 Å². The van der Waals surface area contributed by atoms with E-state index in [9.17, 15) is 8.42 Å². The first kappa shape index (κ1) is 20.5. The summed E-state index contributed by atoms with van der Waals surface area (Å²) in [5.74, 6) is 0.603. The maximum atomic E-state index is 13.3. The van der Waals surface area contributed by atoms with Crippen LogP contribution in [0.1, 0.15) is 12.0 Å². The lowest BCUT2D eigenvalue weighted by Crippen LogP contribution is -2.23. The van der Waals surface area contributed by atoms with Gasteiger partial charge in [0.2, 0.25) is 10.0 Å². The Morgan fingerprint density at radius 1 is 1.12 bits per heavy atom. The third-order valence-corrected chi connectivity index (χ3v) is 7.27. The smallest absolute Gasteiger partial charge is 0.242 e. The molecule has 0 amide bonds. The van der Waals surface area contributed by atoms with Gasteiger partial charge in [0.15, 0.2) is 0 Å². The van der Waals surface area contributed by atoms with Crippen molar-refractivity contribution in [3.05, 3.63) is 72.4 Å². The number of nitrogens with zero attached hydrogens (tertiary/aromatic N) is 2. The van der Waals surface area contributed by atoms with Crippen molar-refractivity contribution in [2.75, 3.05) is 29.9 Å². The number of rotatable bonds is 6. The molecule has 7 nitrogen and oxygen atoms in total. The minimum absolute atomic E-state index is 0.118. The number of hydrogen-bond donors (Lipinski definition) is 3. The second-order valence-electron chi connectivity index (χ2n) is 8.03. The van der Waals surface area contributed by atoms with E-state index in [1.165, 1.54) is 3.97 Å². The maximum Gasteiger partial charge on any atom is 0.242 e. The fourth-order valence-corrected chi connectivity index (χ4v) is 5.35. The van der Waals surface area contributed by atoms with Crippen molar-refractivity contribution in [3.8, 4) is 0 Å². The predicted octanol–water partition coefficient (Wildman–Crippen LogP) is 3.44. The number of nitrogen functional groups attached to an aromatic ring is 1. The molecule has 1 aliphatic heterocycles. The standard InChI is InChI=1S/C24H25N5O2S/c25-18-9-7-17(8-10-18)4-3-15-32(30,31)29-14-12-21-23(29)20-5-1-2-6-22(20)28-24(21)27-19-11-13-26-16-19/h1-10,12,14,19,26H,11,13,15-16,25H2,(H,27,28)/t19-/m0/s1. The zero-order valence-electron chi connectivity index (χ0n) is 17.5. The molecular weight excluding hydrogens is 422 g/mol.